The van der Waals surface area contributed by atoms with E-state index >= 15 is 0 Å². The molecule has 1 amide bonds. The van der Waals surface area contributed by atoms with Crippen molar-refractivity contribution in [3.05, 3.63) is 18.0 Å². The van der Waals surface area contributed by atoms with Crippen LogP contribution in [0.2, 0.25) is 0 Å². The Morgan fingerprint density at radius 3 is 2.81 bits per heavy atom. The third-order valence-electron chi connectivity index (χ3n) is 2.28. The highest BCUT2D eigenvalue weighted by Crippen LogP contribution is 2.00. The molecular formula is C10H15N3O3. The van der Waals surface area contributed by atoms with E-state index in [2.05, 4.69) is 10.4 Å². The van der Waals surface area contributed by atoms with Crippen LogP contribution in [0.3, 0.4) is 0 Å². The molecule has 6 heteroatoms. The number of aliphatic carboxylic acids is 1. The number of nitrogens with one attached hydrogen (secondary N) is 1. The Hall–Kier alpha value is -1.85. The SMILES string of the molecule is C[C@H](NC(=O)CCc1ccnn1C)C(=O)O. The van der Waals surface area contributed by atoms with Crippen LogP contribution >= 0.6 is 0 Å². The Bertz CT molecular complexity index is 386. The van der Waals surface area contributed by atoms with Gasteiger partial charge in [0.15, 0.2) is 0 Å². The van der Waals surface area contributed by atoms with E-state index in [0.717, 1.165) is 5.69 Å². The molecule has 1 rings (SSSR count). The summed E-state index contributed by atoms with van der Waals surface area (Å²) in [5.74, 6) is -1.30. The van der Waals surface area contributed by atoms with Crippen molar-refractivity contribution in [2.45, 2.75) is 25.8 Å². The minimum Gasteiger partial charge on any atom is -0.480 e. The summed E-state index contributed by atoms with van der Waals surface area (Å²) in [7, 11) is 1.80. The molecule has 0 saturated heterocycles. The molecule has 0 aliphatic heterocycles. The number of carboxylic acids is 1. The molecule has 1 heterocycles. The first-order chi connectivity index (χ1) is 7.50. The molecule has 0 unspecified atom stereocenters. The van der Waals surface area contributed by atoms with Gasteiger partial charge in [-0.3, -0.25) is 14.3 Å². The highest BCUT2D eigenvalue weighted by atomic mass is 16.4. The molecule has 16 heavy (non-hydrogen) atoms. The summed E-state index contributed by atoms with van der Waals surface area (Å²) in [6.07, 6.45) is 2.47. The summed E-state index contributed by atoms with van der Waals surface area (Å²) in [4.78, 5) is 21.9. The van der Waals surface area contributed by atoms with Gasteiger partial charge in [-0.15, -0.1) is 0 Å². The number of carboxylic acid groups (broad SMARTS) is 1. The summed E-state index contributed by atoms with van der Waals surface area (Å²) in [5.41, 5.74) is 0.943. The number of aromatic nitrogens is 2. The largest absolute Gasteiger partial charge is 0.480 e. The maximum Gasteiger partial charge on any atom is 0.325 e. The lowest BCUT2D eigenvalue weighted by Crippen LogP contribution is -2.38. The molecular weight excluding hydrogens is 210 g/mol. The number of hydrogen-bond acceptors (Lipinski definition) is 3. The van der Waals surface area contributed by atoms with Crippen molar-refractivity contribution in [1.29, 1.82) is 0 Å². The van der Waals surface area contributed by atoms with Crippen molar-refractivity contribution in [1.82, 2.24) is 15.1 Å². The third-order valence-corrected chi connectivity index (χ3v) is 2.28. The van der Waals surface area contributed by atoms with Crippen molar-refractivity contribution in [2.24, 2.45) is 7.05 Å². The first kappa shape index (κ1) is 12.2. The molecule has 2 N–H and O–H groups in total. The standard InChI is InChI=1S/C10H15N3O3/c1-7(10(15)16)12-9(14)4-3-8-5-6-11-13(8)2/h5-7H,3-4H2,1-2H3,(H,12,14)(H,15,16)/t7-/m0/s1. The summed E-state index contributed by atoms with van der Waals surface area (Å²) >= 11 is 0. The summed E-state index contributed by atoms with van der Waals surface area (Å²) in [6, 6.07) is 0.979. The van der Waals surface area contributed by atoms with Gasteiger partial charge in [-0.2, -0.15) is 5.10 Å². The van der Waals surface area contributed by atoms with Gasteiger partial charge in [0.05, 0.1) is 0 Å². The van der Waals surface area contributed by atoms with Crippen molar-refractivity contribution >= 4 is 11.9 Å². The van der Waals surface area contributed by atoms with Gasteiger partial charge in [0, 0.05) is 25.4 Å². The van der Waals surface area contributed by atoms with Gasteiger partial charge in [0.2, 0.25) is 5.91 Å². The highest BCUT2D eigenvalue weighted by molar-refractivity contribution is 5.83. The normalized spacial score (nSPS) is 12.1. The van der Waals surface area contributed by atoms with Gasteiger partial charge in [0.1, 0.15) is 6.04 Å². The van der Waals surface area contributed by atoms with Crippen molar-refractivity contribution in [3.63, 3.8) is 0 Å². The molecule has 0 radical (unpaired) electrons. The minimum absolute atomic E-state index is 0.261. The molecule has 1 atom stereocenters. The number of aryl methyl sites for hydroxylation is 2. The van der Waals surface area contributed by atoms with Gasteiger partial charge >= 0.3 is 5.97 Å². The van der Waals surface area contributed by atoms with Crippen LogP contribution in [0.5, 0.6) is 0 Å². The van der Waals surface area contributed by atoms with Crippen LogP contribution in [0.1, 0.15) is 19.0 Å². The number of amides is 1. The molecule has 0 spiro atoms. The maximum atomic E-state index is 11.4. The van der Waals surface area contributed by atoms with Gasteiger partial charge in [0.25, 0.3) is 0 Å². The van der Waals surface area contributed by atoms with E-state index < -0.39 is 12.0 Å². The van der Waals surface area contributed by atoms with E-state index in [1.165, 1.54) is 6.92 Å². The minimum atomic E-state index is -1.03. The third kappa shape index (κ3) is 3.38. The second-order valence-electron chi connectivity index (χ2n) is 3.57. The van der Waals surface area contributed by atoms with Gasteiger partial charge < -0.3 is 10.4 Å². The molecule has 0 aliphatic rings. The average Bonchev–Trinajstić information content (AvgIpc) is 2.61. The number of carbonyl (C=O) groups excluding carboxylic acids is 1. The predicted molar refractivity (Wildman–Crippen MR) is 56.8 cm³/mol. The number of nitrogens with zero attached hydrogens (tertiary/aromatic N) is 2. The second kappa shape index (κ2) is 5.29. The van der Waals surface area contributed by atoms with E-state index in [0.29, 0.717) is 6.42 Å². The van der Waals surface area contributed by atoms with Gasteiger partial charge in [-0.05, 0) is 19.4 Å². The fourth-order valence-corrected chi connectivity index (χ4v) is 1.26. The van der Waals surface area contributed by atoms with Crippen LogP contribution in [-0.2, 0) is 23.1 Å². The zero-order chi connectivity index (χ0) is 12.1. The number of hydrogen-bond donors (Lipinski definition) is 2. The Morgan fingerprint density at radius 2 is 2.31 bits per heavy atom. The Balaban J connectivity index is 2.36. The number of carbonyl (C=O) groups is 2. The van der Waals surface area contributed by atoms with E-state index in [4.69, 9.17) is 5.11 Å². The zero-order valence-electron chi connectivity index (χ0n) is 9.30. The van der Waals surface area contributed by atoms with Crippen LogP contribution in [-0.4, -0.2) is 32.8 Å². The van der Waals surface area contributed by atoms with Crippen molar-refractivity contribution in [2.75, 3.05) is 0 Å². The summed E-state index contributed by atoms with van der Waals surface area (Å²) in [5, 5.41) is 15.0. The van der Waals surface area contributed by atoms with Crippen LogP contribution in [0.15, 0.2) is 12.3 Å². The lowest BCUT2D eigenvalue weighted by Gasteiger charge is -2.08. The predicted octanol–water partition coefficient (Wildman–Crippen LogP) is -0.0580. The zero-order valence-corrected chi connectivity index (χ0v) is 9.30. The topological polar surface area (TPSA) is 84.2 Å². The van der Waals surface area contributed by atoms with Crippen molar-refractivity contribution in [3.8, 4) is 0 Å². The van der Waals surface area contributed by atoms with E-state index in [9.17, 15) is 9.59 Å². The first-order valence-corrected chi connectivity index (χ1v) is 4.99. The molecule has 0 aromatic carbocycles. The highest BCUT2D eigenvalue weighted by Gasteiger charge is 2.13. The quantitative estimate of drug-likeness (QED) is 0.735. The molecule has 0 fully saturated rings. The molecule has 0 saturated carbocycles. The average molecular weight is 225 g/mol. The Morgan fingerprint density at radius 1 is 1.62 bits per heavy atom. The molecule has 1 aromatic rings. The number of rotatable bonds is 5. The van der Waals surface area contributed by atoms with Crippen LogP contribution in [0, 0.1) is 0 Å². The Kier molecular flexibility index (Phi) is 4.04. The van der Waals surface area contributed by atoms with E-state index in [-0.39, 0.29) is 12.3 Å². The summed E-state index contributed by atoms with van der Waals surface area (Å²) < 4.78 is 1.69. The van der Waals surface area contributed by atoms with Crippen LogP contribution in [0.25, 0.3) is 0 Å². The van der Waals surface area contributed by atoms with Crippen LogP contribution in [0.4, 0.5) is 0 Å². The van der Waals surface area contributed by atoms with E-state index in [1.807, 2.05) is 6.07 Å². The lowest BCUT2D eigenvalue weighted by atomic mass is 10.2. The van der Waals surface area contributed by atoms with Crippen LogP contribution < -0.4 is 5.32 Å². The monoisotopic (exact) mass is 225 g/mol. The lowest BCUT2D eigenvalue weighted by molar-refractivity contribution is -0.141. The van der Waals surface area contributed by atoms with Crippen molar-refractivity contribution < 1.29 is 14.7 Å². The molecule has 0 aliphatic carbocycles. The van der Waals surface area contributed by atoms with E-state index in [1.54, 1.807) is 17.9 Å². The van der Waals surface area contributed by atoms with Gasteiger partial charge in [-0.1, -0.05) is 0 Å². The smallest absolute Gasteiger partial charge is 0.325 e. The maximum absolute atomic E-state index is 11.4. The fourth-order valence-electron chi connectivity index (χ4n) is 1.26. The molecule has 1 aromatic heterocycles. The summed E-state index contributed by atoms with van der Waals surface area (Å²) in [6.45, 7) is 1.43. The molecule has 6 nitrogen and oxygen atoms in total. The van der Waals surface area contributed by atoms with Gasteiger partial charge in [-0.25, -0.2) is 0 Å². The Labute approximate surface area is 93.3 Å². The molecule has 88 valence electrons. The second-order valence-corrected chi connectivity index (χ2v) is 3.57. The fraction of sp³-hybridized carbons (Fsp3) is 0.500. The molecule has 0 bridgehead atoms. The first-order valence-electron chi connectivity index (χ1n) is 4.99.